The number of hydrogen-bond donors (Lipinski definition) is 0. The van der Waals surface area contributed by atoms with Gasteiger partial charge < -0.3 is 0 Å². The molecule has 0 aliphatic carbocycles. The number of anilines is 1. The van der Waals surface area contributed by atoms with Crippen molar-refractivity contribution < 1.29 is 9.59 Å². The van der Waals surface area contributed by atoms with Crippen molar-refractivity contribution in [3.8, 4) is 0 Å². The van der Waals surface area contributed by atoms with Crippen molar-refractivity contribution in [2.75, 3.05) is 10.7 Å². The average Bonchev–Trinajstić information content (AvgIpc) is 2.65. The first kappa shape index (κ1) is 13.1. The topological polar surface area (TPSA) is 37.4 Å². The van der Waals surface area contributed by atoms with E-state index in [9.17, 15) is 9.59 Å². The molecular formula is C14H17NO2S. The third-order valence-corrected chi connectivity index (χ3v) is 4.18. The second kappa shape index (κ2) is 5.57. The first-order valence-electron chi connectivity index (χ1n) is 6.24. The van der Waals surface area contributed by atoms with Crippen LogP contribution in [0.3, 0.4) is 0 Å². The molecule has 0 bridgehead atoms. The molecule has 1 aliphatic rings. The summed E-state index contributed by atoms with van der Waals surface area (Å²) in [5.41, 5.74) is 1.90. The Labute approximate surface area is 112 Å². The van der Waals surface area contributed by atoms with Crippen molar-refractivity contribution in [2.45, 2.75) is 31.9 Å². The Hall–Kier alpha value is -1.29. The second-order valence-corrected chi connectivity index (χ2v) is 5.72. The van der Waals surface area contributed by atoms with E-state index in [0.717, 1.165) is 12.2 Å². The number of carbonyl (C=O) groups excluding carboxylic acids is 2. The molecule has 1 aromatic carbocycles. The van der Waals surface area contributed by atoms with Gasteiger partial charge in [-0.25, -0.2) is 4.90 Å². The fourth-order valence-electron chi connectivity index (χ4n) is 2.09. The number of rotatable bonds is 4. The first-order valence-corrected chi connectivity index (χ1v) is 7.29. The van der Waals surface area contributed by atoms with Crippen LogP contribution in [-0.2, 0) is 16.0 Å². The summed E-state index contributed by atoms with van der Waals surface area (Å²) < 4.78 is 0. The molecule has 1 heterocycles. The number of amides is 2. The zero-order valence-corrected chi connectivity index (χ0v) is 11.5. The predicted molar refractivity (Wildman–Crippen MR) is 74.9 cm³/mol. The average molecular weight is 263 g/mol. The van der Waals surface area contributed by atoms with E-state index in [-0.39, 0.29) is 17.1 Å². The zero-order chi connectivity index (χ0) is 13.1. The molecule has 0 aromatic heterocycles. The molecule has 1 saturated heterocycles. The summed E-state index contributed by atoms with van der Waals surface area (Å²) >= 11 is 1.54. The Morgan fingerprint density at radius 3 is 2.44 bits per heavy atom. The van der Waals surface area contributed by atoms with E-state index in [2.05, 4.69) is 6.92 Å². The highest BCUT2D eigenvalue weighted by atomic mass is 32.2. The predicted octanol–water partition coefficient (Wildman–Crippen LogP) is 2.63. The molecule has 3 nitrogen and oxygen atoms in total. The Bertz CT molecular complexity index is 455. The van der Waals surface area contributed by atoms with E-state index >= 15 is 0 Å². The molecule has 1 atom stereocenters. The van der Waals surface area contributed by atoms with Crippen LogP contribution in [-0.4, -0.2) is 22.8 Å². The van der Waals surface area contributed by atoms with Gasteiger partial charge in [0.15, 0.2) is 0 Å². The van der Waals surface area contributed by atoms with E-state index in [0.29, 0.717) is 12.1 Å². The molecule has 0 spiro atoms. The number of carbonyl (C=O) groups is 2. The quantitative estimate of drug-likeness (QED) is 0.784. The maximum absolute atomic E-state index is 12.1. The molecule has 0 radical (unpaired) electrons. The fourth-order valence-corrected chi connectivity index (χ4v) is 3.00. The molecule has 2 rings (SSSR count). The summed E-state index contributed by atoms with van der Waals surface area (Å²) in [7, 11) is 0. The lowest BCUT2D eigenvalue weighted by molar-refractivity contribution is -0.121. The minimum atomic E-state index is -0.201. The van der Waals surface area contributed by atoms with Gasteiger partial charge in [0, 0.05) is 6.42 Å². The van der Waals surface area contributed by atoms with Crippen LogP contribution in [0.25, 0.3) is 0 Å². The van der Waals surface area contributed by atoms with Gasteiger partial charge in [0.2, 0.25) is 11.8 Å². The molecular weight excluding hydrogens is 246 g/mol. The second-order valence-electron chi connectivity index (χ2n) is 4.24. The molecule has 18 heavy (non-hydrogen) atoms. The van der Waals surface area contributed by atoms with Crippen LogP contribution in [0.5, 0.6) is 0 Å². The van der Waals surface area contributed by atoms with Crippen molar-refractivity contribution in [3.05, 3.63) is 29.8 Å². The van der Waals surface area contributed by atoms with Gasteiger partial charge in [0.25, 0.3) is 0 Å². The maximum atomic E-state index is 12.1. The number of benzene rings is 1. The first-order chi connectivity index (χ1) is 8.67. The SMILES string of the molecule is CCSC1CC(=O)N(c2ccc(CC)cc2)C1=O. The molecule has 1 aromatic rings. The van der Waals surface area contributed by atoms with Gasteiger partial charge in [-0.1, -0.05) is 26.0 Å². The molecule has 0 saturated carbocycles. The number of thioether (sulfide) groups is 1. The third-order valence-electron chi connectivity index (χ3n) is 3.08. The largest absolute Gasteiger partial charge is 0.274 e. The molecule has 2 amide bonds. The van der Waals surface area contributed by atoms with Gasteiger partial charge in [0.05, 0.1) is 10.9 Å². The van der Waals surface area contributed by atoms with Crippen LogP contribution in [0, 0.1) is 0 Å². The van der Waals surface area contributed by atoms with Crippen LogP contribution >= 0.6 is 11.8 Å². The van der Waals surface area contributed by atoms with Crippen LogP contribution in [0.2, 0.25) is 0 Å². The van der Waals surface area contributed by atoms with Gasteiger partial charge in [-0.15, -0.1) is 11.8 Å². The molecule has 4 heteroatoms. The van der Waals surface area contributed by atoms with Gasteiger partial charge in [-0.2, -0.15) is 0 Å². The summed E-state index contributed by atoms with van der Waals surface area (Å²) in [6.07, 6.45) is 1.28. The van der Waals surface area contributed by atoms with E-state index in [4.69, 9.17) is 0 Å². The lowest BCUT2D eigenvalue weighted by Gasteiger charge is -2.15. The van der Waals surface area contributed by atoms with E-state index in [1.807, 2.05) is 31.2 Å². The Balaban J connectivity index is 2.21. The highest BCUT2D eigenvalue weighted by Crippen LogP contribution is 2.29. The maximum Gasteiger partial charge on any atom is 0.247 e. The number of nitrogens with zero attached hydrogens (tertiary/aromatic N) is 1. The van der Waals surface area contributed by atoms with E-state index < -0.39 is 0 Å². The molecule has 1 aliphatic heterocycles. The van der Waals surface area contributed by atoms with Crippen molar-refractivity contribution in [2.24, 2.45) is 0 Å². The van der Waals surface area contributed by atoms with Crippen LogP contribution < -0.4 is 4.90 Å². The smallest absolute Gasteiger partial charge is 0.247 e. The summed E-state index contributed by atoms with van der Waals surface area (Å²) in [6.45, 7) is 4.08. The van der Waals surface area contributed by atoms with Crippen LogP contribution in [0.4, 0.5) is 5.69 Å². The van der Waals surface area contributed by atoms with Crippen molar-refractivity contribution in [3.63, 3.8) is 0 Å². The van der Waals surface area contributed by atoms with Crippen molar-refractivity contribution in [1.82, 2.24) is 0 Å². The monoisotopic (exact) mass is 263 g/mol. The number of aryl methyl sites for hydroxylation is 1. The Morgan fingerprint density at radius 2 is 1.89 bits per heavy atom. The summed E-state index contributed by atoms with van der Waals surface area (Å²) in [5.74, 6) is 0.693. The molecule has 96 valence electrons. The van der Waals surface area contributed by atoms with Gasteiger partial charge in [-0.3, -0.25) is 9.59 Å². The number of hydrogen-bond acceptors (Lipinski definition) is 3. The summed E-state index contributed by atoms with van der Waals surface area (Å²) in [4.78, 5) is 25.4. The lowest BCUT2D eigenvalue weighted by atomic mass is 10.1. The van der Waals surface area contributed by atoms with Gasteiger partial charge in [-0.05, 0) is 29.9 Å². The summed E-state index contributed by atoms with van der Waals surface area (Å²) in [6, 6.07) is 7.65. The normalized spacial score (nSPS) is 19.7. The standard InChI is InChI=1S/C14H17NO2S/c1-3-10-5-7-11(8-6-10)15-13(16)9-12(14(15)17)18-4-2/h5-8,12H,3-4,9H2,1-2H3. The minimum Gasteiger partial charge on any atom is -0.274 e. The molecule has 1 fully saturated rings. The van der Waals surface area contributed by atoms with Crippen molar-refractivity contribution >= 4 is 29.3 Å². The number of imide groups is 1. The fraction of sp³-hybridized carbons (Fsp3) is 0.429. The lowest BCUT2D eigenvalue weighted by Crippen LogP contribution is -2.31. The molecule has 0 N–H and O–H groups in total. The van der Waals surface area contributed by atoms with Gasteiger partial charge in [0.1, 0.15) is 0 Å². The third kappa shape index (κ3) is 2.43. The Morgan fingerprint density at radius 1 is 1.22 bits per heavy atom. The van der Waals surface area contributed by atoms with E-state index in [1.165, 1.54) is 10.5 Å². The highest BCUT2D eigenvalue weighted by molar-refractivity contribution is 8.00. The zero-order valence-electron chi connectivity index (χ0n) is 10.7. The highest BCUT2D eigenvalue weighted by Gasteiger charge is 2.39. The van der Waals surface area contributed by atoms with Gasteiger partial charge >= 0.3 is 0 Å². The van der Waals surface area contributed by atoms with E-state index in [1.54, 1.807) is 11.8 Å². The van der Waals surface area contributed by atoms with Crippen LogP contribution in [0.1, 0.15) is 25.8 Å². The van der Waals surface area contributed by atoms with Crippen molar-refractivity contribution in [1.29, 1.82) is 0 Å². The summed E-state index contributed by atoms with van der Waals surface area (Å²) in [5, 5.41) is -0.201. The minimum absolute atomic E-state index is 0.0731. The molecule has 1 unspecified atom stereocenters. The van der Waals surface area contributed by atoms with Crippen LogP contribution in [0.15, 0.2) is 24.3 Å². The Kier molecular flexibility index (Phi) is 4.07.